The van der Waals surface area contributed by atoms with E-state index in [0.717, 1.165) is 25.1 Å². The Labute approximate surface area is 125 Å². The fourth-order valence-electron chi connectivity index (χ4n) is 2.23. The van der Waals surface area contributed by atoms with E-state index in [1.807, 2.05) is 18.2 Å². The van der Waals surface area contributed by atoms with Gasteiger partial charge in [0, 0.05) is 18.5 Å². The zero-order valence-electron chi connectivity index (χ0n) is 12.9. The summed E-state index contributed by atoms with van der Waals surface area (Å²) in [4.78, 5) is 4.15. The number of benzene rings is 1. The molecule has 5 heteroatoms. The minimum absolute atomic E-state index is 0.299. The van der Waals surface area contributed by atoms with Gasteiger partial charge in [0.1, 0.15) is 5.75 Å². The van der Waals surface area contributed by atoms with Gasteiger partial charge in [-0.25, -0.2) is 0 Å². The molecule has 0 bridgehead atoms. The Kier molecular flexibility index (Phi) is 5.75. The minimum Gasteiger partial charge on any atom is -0.485 e. The minimum atomic E-state index is 0.299. The molecule has 2 rings (SSSR count). The monoisotopic (exact) mass is 289 g/mol. The van der Waals surface area contributed by atoms with Crippen molar-refractivity contribution in [2.75, 3.05) is 6.54 Å². The maximum absolute atomic E-state index is 5.87. The summed E-state index contributed by atoms with van der Waals surface area (Å²) in [5.74, 6) is 1.99. The van der Waals surface area contributed by atoms with Crippen LogP contribution in [-0.2, 0) is 6.61 Å². The number of aromatic nitrogens is 2. The second-order valence-corrected chi connectivity index (χ2v) is 4.97. The van der Waals surface area contributed by atoms with Crippen LogP contribution in [0.1, 0.15) is 50.0 Å². The predicted molar refractivity (Wildman–Crippen MR) is 81.1 cm³/mol. The van der Waals surface area contributed by atoms with E-state index in [4.69, 9.17) is 9.26 Å². The summed E-state index contributed by atoms with van der Waals surface area (Å²) >= 11 is 0. The highest BCUT2D eigenvalue weighted by Crippen LogP contribution is 2.27. The molecule has 1 unspecified atom stereocenters. The highest BCUT2D eigenvalue weighted by molar-refractivity contribution is 5.36. The Bertz CT molecular complexity index is 554. The summed E-state index contributed by atoms with van der Waals surface area (Å²) in [7, 11) is 0. The third-order valence-corrected chi connectivity index (χ3v) is 3.27. The van der Waals surface area contributed by atoms with E-state index in [0.29, 0.717) is 24.4 Å². The number of rotatable bonds is 8. The summed E-state index contributed by atoms with van der Waals surface area (Å²) in [5, 5.41) is 7.40. The number of nitrogens with one attached hydrogen (secondary N) is 1. The van der Waals surface area contributed by atoms with Gasteiger partial charge in [-0.3, -0.25) is 0 Å². The van der Waals surface area contributed by atoms with Crippen LogP contribution in [0.2, 0.25) is 0 Å². The topological polar surface area (TPSA) is 60.2 Å². The standard InChI is InChI=1S/C16H23N3O2/c1-4-10-17-14(5-2)13-8-6-7-9-15(13)20-11-16-18-12(3)21-19-16/h6-9,14,17H,4-5,10-11H2,1-3H3. The van der Waals surface area contributed by atoms with Gasteiger partial charge in [0.15, 0.2) is 6.61 Å². The molecule has 114 valence electrons. The molecule has 21 heavy (non-hydrogen) atoms. The number of para-hydroxylation sites is 1. The van der Waals surface area contributed by atoms with E-state index < -0.39 is 0 Å². The van der Waals surface area contributed by atoms with Crippen molar-refractivity contribution in [1.82, 2.24) is 15.5 Å². The Morgan fingerprint density at radius 1 is 1.29 bits per heavy atom. The van der Waals surface area contributed by atoms with Crippen molar-refractivity contribution in [3.8, 4) is 5.75 Å². The first-order valence-corrected chi connectivity index (χ1v) is 7.48. The molecule has 0 aliphatic carbocycles. The van der Waals surface area contributed by atoms with Crippen LogP contribution in [0.25, 0.3) is 0 Å². The van der Waals surface area contributed by atoms with Gasteiger partial charge >= 0.3 is 0 Å². The lowest BCUT2D eigenvalue weighted by molar-refractivity contribution is 0.279. The molecule has 1 aromatic carbocycles. The van der Waals surface area contributed by atoms with Gasteiger partial charge in [-0.05, 0) is 25.5 Å². The van der Waals surface area contributed by atoms with Crippen molar-refractivity contribution in [2.45, 2.75) is 46.3 Å². The third kappa shape index (κ3) is 4.29. The highest BCUT2D eigenvalue weighted by Gasteiger charge is 2.14. The van der Waals surface area contributed by atoms with Gasteiger partial charge in [0.05, 0.1) is 0 Å². The van der Waals surface area contributed by atoms with Crippen molar-refractivity contribution in [3.63, 3.8) is 0 Å². The van der Waals surface area contributed by atoms with Gasteiger partial charge in [-0.1, -0.05) is 37.2 Å². The van der Waals surface area contributed by atoms with E-state index in [-0.39, 0.29) is 0 Å². The summed E-state index contributed by atoms with van der Waals surface area (Å²) in [5.41, 5.74) is 1.17. The van der Waals surface area contributed by atoms with Crippen LogP contribution in [-0.4, -0.2) is 16.7 Å². The Morgan fingerprint density at radius 3 is 2.76 bits per heavy atom. The fraction of sp³-hybridized carbons (Fsp3) is 0.500. The summed E-state index contributed by atoms with van der Waals surface area (Å²) in [6, 6.07) is 8.41. The van der Waals surface area contributed by atoms with E-state index in [1.165, 1.54) is 5.56 Å². The molecule has 2 aromatic rings. The summed E-state index contributed by atoms with van der Waals surface area (Å²) in [6.07, 6.45) is 2.13. The van der Waals surface area contributed by atoms with E-state index in [9.17, 15) is 0 Å². The van der Waals surface area contributed by atoms with Gasteiger partial charge in [-0.2, -0.15) is 4.98 Å². The molecule has 0 fully saturated rings. The first kappa shape index (κ1) is 15.5. The SMILES string of the molecule is CCCNC(CC)c1ccccc1OCc1noc(C)n1. The van der Waals surface area contributed by atoms with Gasteiger partial charge in [-0.15, -0.1) is 0 Å². The van der Waals surface area contributed by atoms with Crippen molar-refractivity contribution < 1.29 is 9.26 Å². The average Bonchev–Trinajstić information content (AvgIpc) is 2.92. The van der Waals surface area contributed by atoms with E-state index in [2.05, 4.69) is 35.4 Å². The zero-order valence-corrected chi connectivity index (χ0v) is 12.9. The third-order valence-electron chi connectivity index (χ3n) is 3.27. The van der Waals surface area contributed by atoms with E-state index in [1.54, 1.807) is 6.92 Å². The van der Waals surface area contributed by atoms with Crippen molar-refractivity contribution in [1.29, 1.82) is 0 Å². The average molecular weight is 289 g/mol. The largest absolute Gasteiger partial charge is 0.485 e. The highest BCUT2D eigenvalue weighted by atomic mass is 16.5. The van der Waals surface area contributed by atoms with Crippen LogP contribution >= 0.6 is 0 Å². The molecule has 0 saturated heterocycles. The van der Waals surface area contributed by atoms with Crippen molar-refractivity contribution in [3.05, 3.63) is 41.5 Å². The normalized spacial score (nSPS) is 12.3. The maximum atomic E-state index is 5.87. The van der Waals surface area contributed by atoms with Crippen molar-refractivity contribution >= 4 is 0 Å². The number of hydrogen-bond donors (Lipinski definition) is 1. The molecule has 0 aliphatic heterocycles. The lowest BCUT2D eigenvalue weighted by Crippen LogP contribution is -2.22. The van der Waals surface area contributed by atoms with Crippen LogP contribution in [0.15, 0.2) is 28.8 Å². The van der Waals surface area contributed by atoms with Crippen LogP contribution in [0.5, 0.6) is 5.75 Å². The number of ether oxygens (including phenoxy) is 1. The summed E-state index contributed by atoms with van der Waals surface area (Å²) < 4.78 is 10.8. The lowest BCUT2D eigenvalue weighted by Gasteiger charge is -2.20. The molecular weight excluding hydrogens is 266 g/mol. The van der Waals surface area contributed by atoms with E-state index >= 15 is 0 Å². The quantitative estimate of drug-likeness (QED) is 0.807. The Hall–Kier alpha value is -1.88. The molecule has 0 aliphatic rings. The van der Waals surface area contributed by atoms with Crippen molar-refractivity contribution in [2.24, 2.45) is 0 Å². The van der Waals surface area contributed by atoms with Gasteiger partial charge in [0.25, 0.3) is 0 Å². The molecule has 0 amide bonds. The second-order valence-electron chi connectivity index (χ2n) is 4.97. The Morgan fingerprint density at radius 2 is 2.10 bits per heavy atom. The van der Waals surface area contributed by atoms with Crippen LogP contribution in [0.4, 0.5) is 0 Å². The van der Waals surface area contributed by atoms with Gasteiger partial charge < -0.3 is 14.6 Å². The number of hydrogen-bond acceptors (Lipinski definition) is 5. The Balaban J connectivity index is 2.08. The molecule has 0 radical (unpaired) electrons. The molecular formula is C16H23N3O2. The molecule has 1 heterocycles. The molecule has 1 atom stereocenters. The first-order chi connectivity index (χ1) is 10.2. The molecule has 1 N–H and O–H groups in total. The molecule has 1 aromatic heterocycles. The maximum Gasteiger partial charge on any atom is 0.223 e. The second kappa shape index (κ2) is 7.78. The first-order valence-electron chi connectivity index (χ1n) is 7.48. The fourth-order valence-corrected chi connectivity index (χ4v) is 2.23. The number of nitrogens with zero attached hydrogens (tertiary/aromatic N) is 2. The van der Waals surface area contributed by atoms with Crippen LogP contribution in [0, 0.1) is 6.92 Å². The smallest absolute Gasteiger partial charge is 0.223 e. The van der Waals surface area contributed by atoms with Gasteiger partial charge in [0.2, 0.25) is 11.7 Å². The van der Waals surface area contributed by atoms with Crippen LogP contribution in [0.3, 0.4) is 0 Å². The summed E-state index contributed by atoms with van der Waals surface area (Å²) in [6.45, 7) is 7.43. The van der Waals surface area contributed by atoms with Crippen LogP contribution < -0.4 is 10.1 Å². The predicted octanol–water partition coefficient (Wildman–Crippen LogP) is 3.41. The molecule has 5 nitrogen and oxygen atoms in total. The zero-order chi connectivity index (χ0) is 15.1. The number of aryl methyl sites for hydroxylation is 1. The molecule has 0 spiro atoms. The lowest BCUT2D eigenvalue weighted by atomic mass is 10.0. The molecule has 0 saturated carbocycles.